The van der Waals surface area contributed by atoms with Gasteiger partial charge in [0.1, 0.15) is 12.4 Å². The quantitative estimate of drug-likeness (QED) is 0.232. The highest BCUT2D eigenvalue weighted by Gasteiger charge is 2.35. The number of esters is 1. The highest BCUT2D eigenvalue weighted by molar-refractivity contribution is 6.32. The highest BCUT2D eigenvalue weighted by atomic mass is 35.5. The van der Waals surface area contributed by atoms with Crippen LogP contribution >= 0.6 is 11.6 Å². The van der Waals surface area contributed by atoms with E-state index in [0.717, 1.165) is 11.1 Å². The third-order valence-corrected chi connectivity index (χ3v) is 5.42. The summed E-state index contributed by atoms with van der Waals surface area (Å²) >= 11 is 6.00. The van der Waals surface area contributed by atoms with E-state index in [-0.39, 0.29) is 30.1 Å². The number of nitrogens with zero attached hydrogens (tertiary/aromatic N) is 2. The first-order valence-electron chi connectivity index (χ1n) is 10.8. The number of carbonyl (C=O) groups excluding carboxylic acids is 3. The molecule has 0 spiro atoms. The Balaban J connectivity index is 1.44. The monoisotopic (exact) mass is 530 g/mol. The van der Waals surface area contributed by atoms with E-state index in [4.69, 9.17) is 16.3 Å². The first-order chi connectivity index (χ1) is 17.6. The average molecular weight is 531 g/mol. The van der Waals surface area contributed by atoms with E-state index in [0.29, 0.717) is 27.7 Å². The number of pyridine rings is 1. The van der Waals surface area contributed by atoms with Crippen LogP contribution in [0, 0.1) is 0 Å². The van der Waals surface area contributed by atoms with Crippen molar-refractivity contribution < 1.29 is 37.0 Å². The third kappa shape index (κ3) is 6.53. The molecule has 2 heterocycles. The van der Waals surface area contributed by atoms with E-state index < -0.39 is 24.7 Å². The number of halogens is 4. The average Bonchev–Trinajstić information content (AvgIpc) is 3.14. The van der Waals surface area contributed by atoms with Crippen LogP contribution in [0.15, 0.2) is 72.4 Å². The number of ether oxygens (including phenoxy) is 2. The lowest BCUT2D eigenvalue weighted by molar-refractivity contribution is -0.161. The Morgan fingerprint density at radius 1 is 1.08 bits per heavy atom. The van der Waals surface area contributed by atoms with Crippen LogP contribution in [-0.4, -0.2) is 35.6 Å². The molecule has 2 amide bonds. The molecule has 0 atom stereocenters. The second-order valence-corrected chi connectivity index (χ2v) is 8.35. The minimum atomic E-state index is -4.62. The first-order valence-corrected chi connectivity index (χ1v) is 11.2. The van der Waals surface area contributed by atoms with Crippen LogP contribution in [0.4, 0.5) is 18.9 Å². The molecule has 1 saturated heterocycles. The molecule has 3 aromatic rings. The van der Waals surface area contributed by atoms with Crippen LogP contribution < -0.4 is 9.64 Å². The fourth-order valence-electron chi connectivity index (χ4n) is 3.50. The third-order valence-electron chi connectivity index (χ3n) is 5.19. The Kier molecular flexibility index (Phi) is 7.58. The molecule has 1 fully saturated rings. The molecule has 0 saturated carbocycles. The van der Waals surface area contributed by atoms with Gasteiger partial charge >= 0.3 is 12.1 Å². The molecule has 37 heavy (non-hydrogen) atoms. The summed E-state index contributed by atoms with van der Waals surface area (Å²) in [5, 5.41) is 0.397. The summed E-state index contributed by atoms with van der Waals surface area (Å²) in [7, 11) is 0. The highest BCUT2D eigenvalue weighted by Crippen LogP contribution is 2.31. The summed E-state index contributed by atoms with van der Waals surface area (Å²) in [5.74, 6) is -1.57. The molecular weight excluding hydrogens is 513 g/mol. The molecule has 7 nitrogen and oxygen atoms in total. The van der Waals surface area contributed by atoms with Crippen LogP contribution in [0.5, 0.6) is 5.75 Å². The molecule has 1 aromatic heterocycles. The molecular formula is C26H18ClF3N2O5. The summed E-state index contributed by atoms with van der Waals surface area (Å²) in [6, 6.07) is 16.0. The van der Waals surface area contributed by atoms with E-state index in [9.17, 15) is 27.6 Å². The van der Waals surface area contributed by atoms with E-state index in [1.54, 1.807) is 48.5 Å². The van der Waals surface area contributed by atoms with Crippen LogP contribution in [0.25, 0.3) is 6.08 Å². The maximum Gasteiger partial charge on any atom is 0.422 e. The topological polar surface area (TPSA) is 85.8 Å². The fraction of sp³-hybridized carbons (Fsp3) is 0.154. The normalized spacial score (nSPS) is 14.8. The lowest BCUT2D eigenvalue weighted by Crippen LogP contribution is -2.28. The molecule has 0 unspecified atom stereocenters. The SMILES string of the molecule is O=C(OCC(F)(F)F)c1ccc(COc2ccccc2/C=C2\CC(=O)N(c3cccc(Cl)c3)C2=O)nc1. The molecule has 0 N–H and O–H groups in total. The van der Waals surface area contributed by atoms with Crippen molar-refractivity contribution in [2.24, 2.45) is 0 Å². The number of para-hydroxylation sites is 1. The van der Waals surface area contributed by atoms with Crippen molar-refractivity contribution in [1.29, 1.82) is 0 Å². The summed E-state index contributed by atoms with van der Waals surface area (Å²) in [4.78, 5) is 42.3. The predicted molar refractivity (Wildman–Crippen MR) is 128 cm³/mol. The van der Waals surface area contributed by atoms with Gasteiger partial charge in [-0.2, -0.15) is 13.2 Å². The summed E-state index contributed by atoms with van der Waals surface area (Å²) in [5.41, 5.74) is 1.48. The zero-order chi connectivity index (χ0) is 26.6. The van der Waals surface area contributed by atoms with Crippen molar-refractivity contribution >= 4 is 41.1 Å². The van der Waals surface area contributed by atoms with Crippen LogP contribution in [0.2, 0.25) is 5.02 Å². The smallest absolute Gasteiger partial charge is 0.422 e. The molecule has 1 aliphatic heterocycles. The Bertz CT molecular complexity index is 1370. The van der Waals surface area contributed by atoms with Crippen molar-refractivity contribution in [3.8, 4) is 5.75 Å². The standard InChI is InChI=1S/C26H18ClF3N2O5/c27-19-5-3-6-21(12-19)32-23(33)11-18(24(32)34)10-16-4-1-2-7-22(16)36-14-20-9-8-17(13-31-20)25(35)37-15-26(28,29)30/h1-10,12-13H,11,14-15H2/b18-10+. The number of alkyl halides is 3. The van der Waals surface area contributed by atoms with Gasteiger partial charge in [-0.05, 0) is 42.5 Å². The number of benzene rings is 2. The van der Waals surface area contributed by atoms with Crippen molar-refractivity contribution in [2.75, 3.05) is 11.5 Å². The largest absolute Gasteiger partial charge is 0.487 e. The van der Waals surface area contributed by atoms with Gasteiger partial charge in [0, 0.05) is 22.4 Å². The Hall–Kier alpha value is -4.18. The van der Waals surface area contributed by atoms with Gasteiger partial charge in [0.15, 0.2) is 6.61 Å². The predicted octanol–water partition coefficient (Wildman–Crippen LogP) is 5.38. The molecule has 0 radical (unpaired) electrons. The molecule has 0 bridgehead atoms. The van der Waals surface area contributed by atoms with Crippen molar-refractivity contribution in [3.05, 3.63) is 94.3 Å². The van der Waals surface area contributed by atoms with Gasteiger partial charge in [0.25, 0.3) is 5.91 Å². The summed E-state index contributed by atoms with van der Waals surface area (Å²) < 4.78 is 46.7. The van der Waals surface area contributed by atoms with Crippen molar-refractivity contribution in [2.45, 2.75) is 19.2 Å². The molecule has 1 aliphatic rings. The van der Waals surface area contributed by atoms with Crippen molar-refractivity contribution in [3.63, 3.8) is 0 Å². The Morgan fingerprint density at radius 2 is 1.86 bits per heavy atom. The zero-order valence-electron chi connectivity index (χ0n) is 19.0. The number of hydrogen-bond acceptors (Lipinski definition) is 6. The number of carbonyl (C=O) groups is 3. The van der Waals surface area contributed by atoms with Crippen LogP contribution in [-0.2, 0) is 20.9 Å². The van der Waals surface area contributed by atoms with Gasteiger partial charge in [0.05, 0.1) is 23.4 Å². The van der Waals surface area contributed by atoms with Gasteiger partial charge in [0.2, 0.25) is 5.91 Å². The van der Waals surface area contributed by atoms with Gasteiger partial charge in [-0.25, -0.2) is 9.69 Å². The fourth-order valence-corrected chi connectivity index (χ4v) is 3.68. The Labute approximate surface area is 214 Å². The van der Waals surface area contributed by atoms with Gasteiger partial charge in [-0.1, -0.05) is 35.9 Å². The minimum Gasteiger partial charge on any atom is -0.487 e. The second-order valence-electron chi connectivity index (χ2n) is 7.92. The van der Waals surface area contributed by atoms with E-state index in [1.165, 1.54) is 18.2 Å². The minimum absolute atomic E-state index is 0.0282. The number of rotatable bonds is 7. The lowest BCUT2D eigenvalue weighted by Gasteiger charge is -2.13. The number of hydrogen-bond donors (Lipinski definition) is 0. The Morgan fingerprint density at radius 3 is 2.57 bits per heavy atom. The van der Waals surface area contributed by atoms with E-state index in [2.05, 4.69) is 9.72 Å². The molecule has 190 valence electrons. The maximum absolute atomic E-state index is 13.0. The maximum atomic E-state index is 13.0. The molecule has 2 aromatic carbocycles. The van der Waals surface area contributed by atoms with Gasteiger partial charge in [-0.15, -0.1) is 0 Å². The first kappa shape index (κ1) is 25.9. The second kappa shape index (κ2) is 10.8. The van der Waals surface area contributed by atoms with Gasteiger partial charge < -0.3 is 9.47 Å². The molecule has 4 rings (SSSR count). The molecule has 0 aliphatic carbocycles. The number of aromatic nitrogens is 1. The van der Waals surface area contributed by atoms with Crippen LogP contribution in [0.3, 0.4) is 0 Å². The van der Waals surface area contributed by atoms with E-state index in [1.807, 2.05) is 0 Å². The lowest BCUT2D eigenvalue weighted by atomic mass is 10.1. The summed E-state index contributed by atoms with van der Waals surface area (Å²) in [6.07, 6.45) is -2.04. The van der Waals surface area contributed by atoms with E-state index >= 15 is 0 Å². The van der Waals surface area contributed by atoms with Crippen molar-refractivity contribution in [1.82, 2.24) is 4.98 Å². The van der Waals surface area contributed by atoms with Gasteiger partial charge in [-0.3, -0.25) is 14.6 Å². The summed E-state index contributed by atoms with van der Waals surface area (Å²) in [6.45, 7) is -1.71. The number of amides is 2. The molecule has 11 heteroatoms. The number of imide groups is 1. The zero-order valence-corrected chi connectivity index (χ0v) is 19.8. The number of anilines is 1. The van der Waals surface area contributed by atoms with Crippen LogP contribution in [0.1, 0.15) is 28.0 Å².